The summed E-state index contributed by atoms with van der Waals surface area (Å²) in [6.45, 7) is 0. The molecule has 13 heteroatoms. The Morgan fingerprint density at radius 2 is 0.731 bits per heavy atom. The van der Waals surface area contributed by atoms with E-state index >= 15 is 0 Å². The molecule has 26 heavy (non-hydrogen) atoms. The van der Waals surface area contributed by atoms with Crippen LogP contribution in [0.25, 0.3) is 0 Å². The van der Waals surface area contributed by atoms with Gasteiger partial charge in [0.25, 0.3) is 0 Å². The molecule has 0 aromatic heterocycles. The average Bonchev–Trinajstić information content (AvgIpc) is 2.66. The molecular formula is C13H15I13. The largest absolute Gasteiger partial charge is 0.106 e. The van der Waals surface area contributed by atoms with Crippen LogP contribution in [0.2, 0.25) is 0 Å². The highest BCUT2D eigenvalue weighted by Gasteiger charge is 1.68. The molecule has 0 bridgehead atoms. The van der Waals surface area contributed by atoms with Crippen molar-refractivity contribution in [3.63, 3.8) is 0 Å². The second-order valence-electron chi connectivity index (χ2n) is 2.58. The molecule has 0 nitrogen and oxygen atoms in total. The summed E-state index contributed by atoms with van der Waals surface area (Å²) >= 11 is 6.71. The topological polar surface area (TPSA) is 0 Å². The first-order valence-electron chi connectivity index (χ1n) is 5.60. The average molecular weight is 1820 g/mol. The van der Waals surface area contributed by atoms with Crippen LogP contribution in [0.1, 0.15) is 0 Å². The van der Waals surface area contributed by atoms with E-state index in [0.717, 1.165) is 0 Å². The quantitative estimate of drug-likeness (QED) is 0.135. The van der Waals surface area contributed by atoms with Crippen molar-refractivity contribution in [2.75, 3.05) is 2.43 Å². The van der Waals surface area contributed by atoms with Crippen LogP contribution in [-0.2, 0) is 0 Å². The molecule has 0 aliphatic carbocycles. The molecular weight excluding hydrogens is 1810 g/mol. The van der Waals surface area contributed by atoms with Crippen molar-refractivity contribution >= 4 is 298 Å². The van der Waals surface area contributed by atoms with E-state index in [-0.39, 0.29) is 20.7 Å². The SMILES string of the molecule is C=I/C=I/C=I/C=I/C=I/C=I/C=I/C=I/C=I/C=I/C=I/C=I/CI. The molecule has 0 aromatic carbocycles. The molecule has 0 atom stereocenters. The predicted molar refractivity (Wildman–Crippen MR) is 261 cm³/mol. The maximum Gasteiger partial charge on any atom is 0.0472 e. The zero-order valence-electron chi connectivity index (χ0n) is 12.7. The summed E-state index contributed by atoms with van der Waals surface area (Å²) in [5.74, 6) is 0. The van der Waals surface area contributed by atoms with Crippen LogP contribution in [0.4, 0.5) is 0 Å². The van der Waals surface area contributed by atoms with Gasteiger partial charge < -0.3 is 0 Å². The molecule has 0 saturated heterocycles. The first-order valence-corrected chi connectivity index (χ1v) is 37.6. The van der Waals surface area contributed by atoms with E-state index in [1.165, 1.54) is 2.43 Å². The Kier molecular flexibility index (Phi) is 43.0. The fraction of sp³-hybridized carbons (Fsp3) is 0.0769. The zero-order valence-corrected chi connectivity index (χ0v) is 40.7. The van der Waals surface area contributed by atoms with Gasteiger partial charge in [-0.1, -0.05) is 255 Å². The Bertz CT molecular complexity index is 674. The minimum absolute atomic E-state index is 0.206. The molecule has 0 fully saturated rings. The van der Waals surface area contributed by atoms with Gasteiger partial charge in [-0.25, -0.2) is 0 Å². The highest BCUT2D eigenvalue weighted by molar-refractivity contribution is 14.3. The van der Waals surface area contributed by atoms with E-state index in [1.807, 2.05) is 0 Å². The lowest BCUT2D eigenvalue weighted by molar-refractivity contribution is 2.58. The minimum Gasteiger partial charge on any atom is -0.106 e. The van der Waals surface area contributed by atoms with Crippen molar-refractivity contribution in [1.82, 2.24) is 0 Å². The number of hydrogen-bond acceptors (Lipinski definition) is 0. The third kappa shape index (κ3) is 31.9. The van der Waals surface area contributed by atoms with Crippen molar-refractivity contribution < 1.29 is 0 Å². The second-order valence-corrected chi connectivity index (χ2v) is 55.9. The minimum atomic E-state index is 0.206. The van der Waals surface area contributed by atoms with Gasteiger partial charge in [0.05, 0.1) is 0 Å². The van der Waals surface area contributed by atoms with Crippen LogP contribution in [0, 0.1) is 0 Å². The van der Waals surface area contributed by atoms with Crippen LogP contribution in [0.3, 0.4) is 0 Å². The third-order valence-corrected chi connectivity index (χ3v) is 50.7. The molecule has 0 unspecified atom stereocenters. The van der Waals surface area contributed by atoms with Gasteiger partial charge >= 0.3 is 0 Å². The van der Waals surface area contributed by atoms with E-state index < -0.39 is 0 Å². The van der Waals surface area contributed by atoms with Crippen molar-refractivity contribution in [3.05, 3.63) is 0 Å². The highest BCUT2D eigenvalue weighted by atomic mass is 127. The molecule has 0 heterocycles. The van der Waals surface area contributed by atoms with Crippen LogP contribution in [-0.4, -0.2) is 29.2 Å². The van der Waals surface area contributed by atoms with Crippen molar-refractivity contribution in [1.29, 1.82) is 0 Å². The van der Waals surface area contributed by atoms with Crippen LogP contribution >= 0.6 is 271 Å². The Balaban J connectivity index is 3.92. The van der Waals surface area contributed by atoms with Gasteiger partial charge in [0.1, 0.15) is 0 Å². The first kappa shape index (κ1) is 33.9. The predicted octanol–water partition coefficient (Wildman–Crippen LogP) is 9.82. The molecule has 0 aliphatic rings. The van der Waals surface area contributed by atoms with Crippen molar-refractivity contribution in [2.45, 2.75) is 0 Å². The fourth-order valence-corrected chi connectivity index (χ4v) is 75.2. The van der Waals surface area contributed by atoms with E-state index in [1.54, 1.807) is 0 Å². The summed E-state index contributed by atoms with van der Waals surface area (Å²) in [4.78, 5) is 0. The Morgan fingerprint density at radius 3 is 1.00 bits per heavy atom. The lowest BCUT2D eigenvalue weighted by Crippen LogP contribution is -1.49. The van der Waals surface area contributed by atoms with Gasteiger partial charge in [0, 0.05) is 24.6 Å². The number of alkyl halides is 2. The number of halogens is 13. The molecule has 0 saturated carbocycles. The van der Waals surface area contributed by atoms with Crippen LogP contribution < -0.4 is 0 Å². The molecule has 0 aromatic rings. The fourth-order valence-electron chi connectivity index (χ4n) is 0.517. The molecule has 0 N–H and O–H groups in total. The summed E-state index contributed by atoms with van der Waals surface area (Å²) < 4.78 is 34.6. The van der Waals surface area contributed by atoms with E-state index in [2.05, 4.69) is 49.3 Å². The van der Waals surface area contributed by atoms with Gasteiger partial charge in [-0.3, -0.25) is 0 Å². The number of rotatable bonds is 12. The summed E-state index contributed by atoms with van der Waals surface area (Å²) in [7, 11) is 0. The maximum absolute atomic E-state index is 3.98. The normalized spacial score (nSPS) is 18.0. The monoisotopic (exact) mass is 1820 g/mol. The molecule has 0 amide bonds. The Hall–Kier alpha value is 7.93. The molecule has 0 spiro atoms. The van der Waals surface area contributed by atoms with Gasteiger partial charge in [0.2, 0.25) is 0 Å². The first-order chi connectivity index (χ1) is 12.9. The van der Waals surface area contributed by atoms with Crippen molar-refractivity contribution in [3.8, 4) is 0 Å². The van der Waals surface area contributed by atoms with Crippen LogP contribution in [0.15, 0.2) is 0 Å². The van der Waals surface area contributed by atoms with Gasteiger partial charge in [0.15, 0.2) is 0 Å². The Morgan fingerprint density at radius 1 is 0.462 bits per heavy atom. The van der Waals surface area contributed by atoms with E-state index in [9.17, 15) is 0 Å². The molecule has 0 radical (unpaired) electrons. The van der Waals surface area contributed by atoms with Crippen LogP contribution in [0.5, 0.6) is 0 Å². The van der Waals surface area contributed by atoms with Gasteiger partial charge in [-0.2, -0.15) is 0 Å². The smallest absolute Gasteiger partial charge is 0.0472 e. The number of hydrogen-bond donors (Lipinski definition) is 0. The third-order valence-electron chi connectivity index (χ3n) is 1.13. The highest BCUT2D eigenvalue weighted by Crippen LogP contribution is 2.12. The lowest BCUT2D eigenvalue weighted by atomic mass is 12.0. The summed E-state index contributed by atoms with van der Waals surface area (Å²) in [6.07, 6.45) is 0. The van der Waals surface area contributed by atoms with Gasteiger partial charge in [-0.15, -0.1) is 20.7 Å². The lowest BCUT2D eigenvalue weighted by Gasteiger charge is -1.74. The zero-order chi connectivity index (χ0) is 19.0. The van der Waals surface area contributed by atoms with Gasteiger partial charge in [-0.05, 0) is 0 Å². The molecule has 0 rings (SSSR count). The second kappa shape index (κ2) is 32.9. The van der Waals surface area contributed by atoms with E-state index in [0.29, 0.717) is 228 Å². The molecule has 0 aliphatic heterocycles. The maximum atomic E-state index is 3.98. The van der Waals surface area contributed by atoms with E-state index in [4.69, 9.17) is 0 Å². The summed E-state index contributed by atoms with van der Waals surface area (Å²) in [5, 5.41) is 0. The standard InChI is InChI=1S/C13H15I13/c1-15-3-17-5-19-7-21-9-23-11-25-13-26-12-24-10-22-8-20-6-18-4-16-2-14/h3-13H,1-2H2. The molecule has 158 valence electrons. The Labute approximate surface area is 290 Å². The summed E-state index contributed by atoms with van der Waals surface area (Å²) in [5.41, 5.74) is 0. The van der Waals surface area contributed by atoms with Crippen molar-refractivity contribution in [2.24, 2.45) is 0 Å². The summed E-state index contributed by atoms with van der Waals surface area (Å²) in [6, 6.07) is 0.